The summed E-state index contributed by atoms with van der Waals surface area (Å²) < 4.78 is 2.12. The Hall–Kier alpha value is -1.10. The third kappa shape index (κ3) is 3.85. The number of rotatable bonds is 3. The number of allylic oxidation sites excluding steroid dienone is 2. The smallest absolute Gasteiger partial charge is 0.164 e. The van der Waals surface area contributed by atoms with E-state index in [9.17, 15) is 0 Å². The van der Waals surface area contributed by atoms with E-state index < -0.39 is 0 Å². The van der Waals surface area contributed by atoms with Crippen LogP contribution in [0.2, 0.25) is 0 Å². The molecule has 2 nitrogen and oxygen atoms in total. The number of nitriles is 1. The molecule has 0 aromatic carbocycles. The molecule has 0 saturated heterocycles. The Morgan fingerprint density at radius 3 is 2.40 bits per heavy atom. The molecule has 0 aliphatic carbocycles. The van der Waals surface area contributed by atoms with Crippen LogP contribution < -0.4 is 0 Å². The average molecular weight is 137 g/mol. The van der Waals surface area contributed by atoms with Gasteiger partial charge in [-0.25, -0.2) is 4.58 Å². The summed E-state index contributed by atoms with van der Waals surface area (Å²) in [5, 5.41) is 8.15. The third-order valence-corrected chi connectivity index (χ3v) is 1.28. The van der Waals surface area contributed by atoms with Gasteiger partial charge >= 0.3 is 0 Å². The highest BCUT2D eigenvalue weighted by atomic mass is 15.0. The summed E-state index contributed by atoms with van der Waals surface area (Å²) >= 11 is 0. The van der Waals surface area contributed by atoms with E-state index in [2.05, 4.69) is 18.4 Å². The quantitative estimate of drug-likeness (QED) is 0.326. The molecule has 0 heterocycles. The first-order valence-electron chi connectivity index (χ1n) is 3.48. The fraction of sp³-hybridized carbons (Fsp3) is 0.500. The highest BCUT2D eigenvalue weighted by Gasteiger charge is 1.89. The lowest BCUT2D eigenvalue weighted by atomic mass is 10.5. The molecule has 2 heteroatoms. The van der Waals surface area contributed by atoms with Crippen molar-refractivity contribution in [1.82, 2.24) is 0 Å². The molecule has 0 saturated carbocycles. The Labute approximate surface area is 62.1 Å². The van der Waals surface area contributed by atoms with Crippen LogP contribution in [0.4, 0.5) is 0 Å². The maximum atomic E-state index is 8.15. The lowest BCUT2D eigenvalue weighted by molar-refractivity contribution is -0.515. The second-order valence-electron chi connectivity index (χ2n) is 1.86. The normalized spacial score (nSPS) is 9.30. The summed E-state index contributed by atoms with van der Waals surface area (Å²) in [5.74, 6) is 0. The van der Waals surface area contributed by atoms with E-state index in [0.717, 1.165) is 13.1 Å². The zero-order valence-electron chi connectivity index (χ0n) is 6.54. The summed E-state index contributed by atoms with van der Waals surface area (Å²) in [4.78, 5) is 0. The molecule has 0 rings (SSSR count). The molecule has 0 amide bonds. The maximum Gasteiger partial charge on any atom is 0.164 e. The first-order valence-corrected chi connectivity index (χ1v) is 3.48. The summed E-state index contributed by atoms with van der Waals surface area (Å²) in [6.45, 7) is 6.15. The topological polar surface area (TPSA) is 26.8 Å². The van der Waals surface area contributed by atoms with Crippen molar-refractivity contribution in [3.63, 3.8) is 0 Å². The van der Waals surface area contributed by atoms with Crippen LogP contribution in [0.3, 0.4) is 0 Å². The molecule has 0 fully saturated rings. The highest BCUT2D eigenvalue weighted by molar-refractivity contribution is 5.66. The number of hydrogen-bond acceptors (Lipinski definition) is 1. The lowest BCUT2D eigenvalue weighted by Crippen LogP contribution is -2.10. The Morgan fingerprint density at radius 2 is 2.00 bits per heavy atom. The zero-order valence-corrected chi connectivity index (χ0v) is 6.54. The first-order chi connectivity index (χ1) is 4.85. The zero-order chi connectivity index (χ0) is 7.82. The molecular formula is C8H13N2+. The summed E-state index contributed by atoms with van der Waals surface area (Å²) in [6.07, 6.45) is 5.15. The first kappa shape index (κ1) is 8.90. The van der Waals surface area contributed by atoms with Crippen LogP contribution in [-0.2, 0) is 0 Å². The molecule has 0 aliphatic heterocycles. The Kier molecular flexibility index (Phi) is 5.36. The second-order valence-corrected chi connectivity index (χ2v) is 1.86. The standard InChI is InChI=1S/C8H13N2/c1-3-10(4-2)8-6-5-7-9/h5-6,8H,3-4H2,1-2H3/q+1/b6-5+. The number of nitrogens with zero attached hydrogens (tertiary/aromatic N) is 2. The molecule has 0 N–H and O–H groups in total. The summed E-state index contributed by atoms with van der Waals surface area (Å²) in [5.41, 5.74) is 0. The van der Waals surface area contributed by atoms with Crippen LogP contribution in [0.25, 0.3) is 0 Å². The minimum absolute atomic E-state index is 0.992. The molecule has 54 valence electrons. The molecule has 0 unspecified atom stereocenters. The molecule has 0 radical (unpaired) electrons. The van der Waals surface area contributed by atoms with E-state index in [1.165, 1.54) is 6.08 Å². The van der Waals surface area contributed by atoms with Crippen LogP contribution in [-0.4, -0.2) is 23.9 Å². The van der Waals surface area contributed by atoms with Gasteiger partial charge in [-0.05, 0) is 13.8 Å². The Bertz CT molecular complexity index is 166. The Morgan fingerprint density at radius 1 is 1.40 bits per heavy atom. The Balaban J connectivity index is 3.89. The van der Waals surface area contributed by atoms with Crippen molar-refractivity contribution in [1.29, 1.82) is 5.26 Å². The van der Waals surface area contributed by atoms with Crippen molar-refractivity contribution in [2.45, 2.75) is 13.8 Å². The predicted molar refractivity (Wildman–Crippen MR) is 42.2 cm³/mol. The minimum Gasteiger partial charge on any atom is -0.237 e. The van der Waals surface area contributed by atoms with Gasteiger partial charge in [0.15, 0.2) is 6.21 Å². The molecule has 10 heavy (non-hydrogen) atoms. The molecule has 0 aromatic heterocycles. The molecular weight excluding hydrogens is 124 g/mol. The lowest BCUT2D eigenvalue weighted by Gasteiger charge is -1.90. The van der Waals surface area contributed by atoms with E-state index in [4.69, 9.17) is 5.26 Å². The fourth-order valence-corrected chi connectivity index (χ4v) is 0.642. The van der Waals surface area contributed by atoms with Crippen LogP contribution >= 0.6 is 0 Å². The van der Waals surface area contributed by atoms with Gasteiger partial charge in [0.05, 0.1) is 6.07 Å². The van der Waals surface area contributed by atoms with Crippen molar-refractivity contribution in [3.8, 4) is 6.07 Å². The van der Waals surface area contributed by atoms with Crippen LogP contribution in [0.1, 0.15) is 13.8 Å². The van der Waals surface area contributed by atoms with E-state index >= 15 is 0 Å². The van der Waals surface area contributed by atoms with Crippen molar-refractivity contribution in [2.75, 3.05) is 13.1 Å². The summed E-state index contributed by atoms with van der Waals surface area (Å²) in [7, 11) is 0. The van der Waals surface area contributed by atoms with Crippen LogP contribution in [0, 0.1) is 11.3 Å². The van der Waals surface area contributed by atoms with E-state index in [1.807, 2.05) is 12.3 Å². The van der Waals surface area contributed by atoms with Gasteiger partial charge in [0.1, 0.15) is 13.1 Å². The fourth-order valence-electron chi connectivity index (χ4n) is 0.642. The molecule has 0 spiro atoms. The minimum atomic E-state index is 0.992. The highest BCUT2D eigenvalue weighted by Crippen LogP contribution is 1.72. The van der Waals surface area contributed by atoms with E-state index in [1.54, 1.807) is 6.08 Å². The number of hydrogen-bond donors (Lipinski definition) is 0. The van der Waals surface area contributed by atoms with Crippen molar-refractivity contribution >= 4 is 6.21 Å². The van der Waals surface area contributed by atoms with Gasteiger partial charge in [-0.1, -0.05) is 0 Å². The molecule has 0 atom stereocenters. The molecule has 0 bridgehead atoms. The van der Waals surface area contributed by atoms with Gasteiger partial charge in [-0.15, -0.1) is 0 Å². The van der Waals surface area contributed by atoms with E-state index in [-0.39, 0.29) is 0 Å². The van der Waals surface area contributed by atoms with Crippen LogP contribution in [0.5, 0.6) is 0 Å². The monoisotopic (exact) mass is 137 g/mol. The van der Waals surface area contributed by atoms with Crippen molar-refractivity contribution < 1.29 is 4.58 Å². The van der Waals surface area contributed by atoms with Gasteiger partial charge in [0.25, 0.3) is 0 Å². The van der Waals surface area contributed by atoms with Gasteiger partial charge in [-0.3, -0.25) is 0 Å². The van der Waals surface area contributed by atoms with Crippen molar-refractivity contribution in [2.24, 2.45) is 0 Å². The predicted octanol–water partition coefficient (Wildman–Crippen LogP) is 1.19. The SMILES string of the molecule is CC[N+](=C/C=C/C#N)CC. The third-order valence-electron chi connectivity index (χ3n) is 1.28. The van der Waals surface area contributed by atoms with Crippen molar-refractivity contribution in [3.05, 3.63) is 12.2 Å². The van der Waals surface area contributed by atoms with E-state index in [0.29, 0.717) is 0 Å². The maximum absolute atomic E-state index is 8.15. The largest absolute Gasteiger partial charge is 0.237 e. The van der Waals surface area contributed by atoms with Gasteiger partial charge in [0.2, 0.25) is 0 Å². The molecule has 0 aliphatic rings. The summed E-state index contributed by atoms with van der Waals surface area (Å²) in [6, 6.07) is 1.93. The average Bonchev–Trinajstić information content (AvgIpc) is 1.99. The van der Waals surface area contributed by atoms with Gasteiger partial charge in [0, 0.05) is 12.2 Å². The van der Waals surface area contributed by atoms with Gasteiger partial charge in [-0.2, -0.15) is 5.26 Å². The second kappa shape index (κ2) is 6.03. The van der Waals surface area contributed by atoms with Crippen LogP contribution in [0.15, 0.2) is 12.2 Å². The van der Waals surface area contributed by atoms with Gasteiger partial charge < -0.3 is 0 Å². The molecule has 0 aromatic rings.